The molecule has 1 aliphatic heterocycles. The SMILES string of the molecule is COc1ccc(-c2nn(-c3ccccc3)cc2/C=c2\sc3nc([C@H]4COc5ccccc5O4)nn3c2=O)cc1. The lowest BCUT2D eigenvalue weighted by atomic mass is 10.1. The molecule has 0 amide bonds. The van der Waals surface area contributed by atoms with Crippen molar-refractivity contribution in [1.82, 2.24) is 24.4 Å². The maximum absolute atomic E-state index is 13.4. The van der Waals surface area contributed by atoms with Gasteiger partial charge >= 0.3 is 0 Å². The molecule has 7 rings (SSSR count). The van der Waals surface area contributed by atoms with Gasteiger partial charge in [-0.2, -0.15) is 14.6 Å². The third kappa shape index (κ3) is 4.20. The van der Waals surface area contributed by atoms with Crippen molar-refractivity contribution in [3.8, 4) is 34.2 Å². The highest BCUT2D eigenvalue weighted by molar-refractivity contribution is 7.15. The Labute approximate surface area is 226 Å². The Balaban J connectivity index is 1.28. The number of nitrogens with zero attached hydrogens (tertiary/aromatic N) is 5. The van der Waals surface area contributed by atoms with E-state index in [9.17, 15) is 4.79 Å². The van der Waals surface area contributed by atoms with Crippen molar-refractivity contribution < 1.29 is 14.2 Å². The Bertz CT molecular complexity index is 1910. The summed E-state index contributed by atoms with van der Waals surface area (Å²) in [5.41, 5.74) is 3.11. The van der Waals surface area contributed by atoms with Crippen LogP contribution >= 0.6 is 11.3 Å². The number of hydrogen-bond donors (Lipinski definition) is 0. The van der Waals surface area contributed by atoms with Gasteiger partial charge in [-0.25, -0.2) is 4.68 Å². The first-order chi connectivity index (χ1) is 19.2. The first-order valence-electron chi connectivity index (χ1n) is 12.3. The van der Waals surface area contributed by atoms with Crippen LogP contribution in [0.3, 0.4) is 0 Å². The van der Waals surface area contributed by atoms with Gasteiger partial charge in [0.15, 0.2) is 23.4 Å². The summed E-state index contributed by atoms with van der Waals surface area (Å²) in [6.07, 6.45) is 3.26. The number of fused-ring (bicyclic) bond motifs is 2. The summed E-state index contributed by atoms with van der Waals surface area (Å²) in [4.78, 5) is 18.4. The van der Waals surface area contributed by atoms with Gasteiger partial charge in [-0.05, 0) is 54.6 Å². The molecule has 0 aliphatic carbocycles. The van der Waals surface area contributed by atoms with E-state index in [1.165, 1.54) is 15.9 Å². The summed E-state index contributed by atoms with van der Waals surface area (Å²) >= 11 is 1.27. The Morgan fingerprint density at radius 1 is 0.974 bits per heavy atom. The predicted molar refractivity (Wildman–Crippen MR) is 147 cm³/mol. The fourth-order valence-electron chi connectivity index (χ4n) is 4.45. The average Bonchev–Trinajstić information content (AvgIpc) is 3.68. The Morgan fingerprint density at radius 2 is 1.74 bits per heavy atom. The number of ether oxygens (including phenoxy) is 3. The Kier molecular flexibility index (Phi) is 5.59. The van der Waals surface area contributed by atoms with E-state index in [-0.39, 0.29) is 12.2 Å². The molecule has 1 aliphatic rings. The number of methoxy groups -OCH3 is 1. The first kappa shape index (κ1) is 23.2. The standard InChI is InChI=1S/C29H21N5O4S/c1-36-21-13-11-18(12-14-21)26-19(16-33(31-26)20-7-3-2-4-8-20)15-25-28(35)34-29(39-25)30-27(32-34)24-17-37-22-9-5-6-10-23(22)38-24/h2-16,24H,17H2,1H3/b25-15-/t24-/m1/s1. The van der Waals surface area contributed by atoms with Crippen LogP contribution in [0.2, 0.25) is 0 Å². The van der Waals surface area contributed by atoms with Crippen molar-refractivity contribution in [3.63, 3.8) is 0 Å². The molecule has 6 aromatic rings. The molecular weight excluding hydrogens is 514 g/mol. The predicted octanol–water partition coefficient (Wildman–Crippen LogP) is 4.07. The van der Waals surface area contributed by atoms with Crippen LogP contribution in [-0.4, -0.2) is 38.1 Å². The number of thiazole rings is 1. The molecular formula is C29H21N5O4S. The minimum absolute atomic E-state index is 0.251. The zero-order chi connectivity index (χ0) is 26.3. The summed E-state index contributed by atoms with van der Waals surface area (Å²) in [6, 6.07) is 25.0. The van der Waals surface area contributed by atoms with Crippen molar-refractivity contribution in [2.75, 3.05) is 13.7 Å². The van der Waals surface area contributed by atoms with Crippen molar-refractivity contribution >= 4 is 22.4 Å². The second-order valence-electron chi connectivity index (χ2n) is 8.89. The van der Waals surface area contributed by atoms with Gasteiger partial charge in [-0.3, -0.25) is 4.79 Å². The highest BCUT2D eigenvalue weighted by Gasteiger charge is 2.27. The van der Waals surface area contributed by atoms with E-state index in [0.717, 1.165) is 28.3 Å². The molecule has 0 saturated carbocycles. The van der Waals surface area contributed by atoms with E-state index in [2.05, 4.69) is 10.1 Å². The maximum Gasteiger partial charge on any atom is 0.291 e. The molecule has 1 atom stereocenters. The fraction of sp³-hybridized carbons (Fsp3) is 0.103. The second kappa shape index (κ2) is 9.41. The summed E-state index contributed by atoms with van der Waals surface area (Å²) in [5.74, 6) is 2.48. The molecule has 0 bridgehead atoms. The van der Waals surface area contributed by atoms with Crippen molar-refractivity contribution in [3.05, 3.63) is 111 Å². The molecule has 3 aromatic heterocycles. The number of para-hydroxylation sites is 3. The molecule has 0 fully saturated rings. The van der Waals surface area contributed by atoms with E-state index in [0.29, 0.717) is 26.8 Å². The Hall–Kier alpha value is -4.96. The van der Waals surface area contributed by atoms with Crippen LogP contribution in [-0.2, 0) is 0 Å². The topological polar surface area (TPSA) is 92.8 Å². The Morgan fingerprint density at radius 3 is 2.51 bits per heavy atom. The quantitative estimate of drug-likeness (QED) is 0.329. The van der Waals surface area contributed by atoms with Crippen LogP contribution in [0.1, 0.15) is 17.5 Å². The van der Waals surface area contributed by atoms with Gasteiger partial charge in [0.05, 0.1) is 17.3 Å². The van der Waals surface area contributed by atoms with Gasteiger partial charge in [0, 0.05) is 17.3 Å². The molecule has 39 heavy (non-hydrogen) atoms. The zero-order valence-electron chi connectivity index (χ0n) is 20.7. The number of benzene rings is 3. The molecule has 4 heterocycles. The van der Waals surface area contributed by atoms with E-state index in [1.54, 1.807) is 7.11 Å². The van der Waals surface area contributed by atoms with Crippen LogP contribution in [0.5, 0.6) is 17.2 Å². The third-order valence-corrected chi connectivity index (χ3v) is 7.37. The number of rotatable bonds is 5. The molecule has 10 heteroatoms. The lowest BCUT2D eigenvalue weighted by Crippen LogP contribution is -2.26. The first-order valence-corrected chi connectivity index (χ1v) is 13.1. The van der Waals surface area contributed by atoms with E-state index < -0.39 is 6.10 Å². The van der Waals surface area contributed by atoms with Crippen LogP contribution in [0, 0.1) is 0 Å². The summed E-state index contributed by atoms with van der Waals surface area (Å²) < 4.78 is 20.8. The largest absolute Gasteiger partial charge is 0.497 e. The minimum atomic E-state index is -0.496. The van der Waals surface area contributed by atoms with Crippen LogP contribution in [0.4, 0.5) is 0 Å². The molecule has 0 N–H and O–H groups in total. The molecule has 192 valence electrons. The monoisotopic (exact) mass is 535 g/mol. The van der Waals surface area contributed by atoms with Gasteiger partial charge in [0.1, 0.15) is 18.1 Å². The van der Waals surface area contributed by atoms with E-state index in [4.69, 9.17) is 19.3 Å². The third-order valence-electron chi connectivity index (χ3n) is 6.41. The van der Waals surface area contributed by atoms with Crippen molar-refractivity contribution in [1.29, 1.82) is 0 Å². The van der Waals surface area contributed by atoms with E-state index >= 15 is 0 Å². The van der Waals surface area contributed by atoms with Crippen LogP contribution in [0.15, 0.2) is 89.9 Å². The summed E-state index contributed by atoms with van der Waals surface area (Å²) in [6.45, 7) is 0.270. The van der Waals surface area contributed by atoms with Crippen molar-refractivity contribution in [2.24, 2.45) is 0 Å². The number of hydrogen-bond acceptors (Lipinski definition) is 8. The lowest BCUT2D eigenvalue weighted by Gasteiger charge is -2.24. The van der Waals surface area contributed by atoms with Crippen LogP contribution < -0.4 is 24.3 Å². The maximum atomic E-state index is 13.4. The van der Waals surface area contributed by atoms with Gasteiger partial charge < -0.3 is 14.2 Å². The molecule has 0 spiro atoms. The smallest absolute Gasteiger partial charge is 0.291 e. The zero-order valence-corrected chi connectivity index (χ0v) is 21.5. The molecule has 3 aromatic carbocycles. The lowest BCUT2D eigenvalue weighted by molar-refractivity contribution is 0.0852. The highest BCUT2D eigenvalue weighted by atomic mass is 32.1. The normalized spacial score (nSPS) is 15.1. The average molecular weight is 536 g/mol. The molecule has 0 saturated heterocycles. The minimum Gasteiger partial charge on any atom is -0.497 e. The van der Waals surface area contributed by atoms with Gasteiger partial charge in [0.25, 0.3) is 5.56 Å². The van der Waals surface area contributed by atoms with Gasteiger partial charge in [-0.15, -0.1) is 5.10 Å². The van der Waals surface area contributed by atoms with Gasteiger partial charge in [0.2, 0.25) is 4.96 Å². The number of aromatic nitrogens is 5. The van der Waals surface area contributed by atoms with Crippen LogP contribution in [0.25, 0.3) is 28.0 Å². The fourth-order valence-corrected chi connectivity index (χ4v) is 5.36. The highest BCUT2D eigenvalue weighted by Crippen LogP contribution is 2.35. The molecule has 9 nitrogen and oxygen atoms in total. The summed E-state index contributed by atoms with van der Waals surface area (Å²) in [5, 5.41) is 9.31. The molecule has 0 unspecified atom stereocenters. The van der Waals surface area contributed by atoms with E-state index in [1.807, 2.05) is 95.8 Å². The van der Waals surface area contributed by atoms with Gasteiger partial charge in [-0.1, -0.05) is 41.7 Å². The molecule has 0 radical (unpaired) electrons. The summed E-state index contributed by atoms with van der Waals surface area (Å²) in [7, 11) is 1.63. The second-order valence-corrected chi connectivity index (χ2v) is 9.90. The van der Waals surface area contributed by atoms with Crippen molar-refractivity contribution in [2.45, 2.75) is 6.10 Å².